The largest absolute Gasteiger partial charge is 0.496 e. The summed E-state index contributed by atoms with van der Waals surface area (Å²) in [6, 6.07) is 5.26. The molecule has 0 aliphatic carbocycles. The molecule has 0 spiro atoms. The van der Waals surface area contributed by atoms with Crippen LogP contribution in [0, 0.1) is 0 Å². The average molecular weight is 303 g/mol. The molecule has 0 amide bonds. The zero-order valence-corrected chi connectivity index (χ0v) is 12.6. The first-order valence-electron chi connectivity index (χ1n) is 6.60. The van der Waals surface area contributed by atoms with Crippen LogP contribution in [0.1, 0.15) is 19.4 Å². The number of rotatable bonds is 4. The summed E-state index contributed by atoms with van der Waals surface area (Å²) < 4.78 is 15.2. The maximum atomic E-state index is 11.8. The number of hydrogen-bond acceptors (Lipinski definition) is 6. The summed E-state index contributed by atoms with van der Waals surface area (Å²) in [4.78, 5) is 23.6. The molecule has 1 aromatic carbocycles. The number of ether oxygens (including phenoxy) is 3. The van der Waals surface area contributed by atoms with Gasteiger partial charge in [0.1, 0.15) is 5.75 Å². The van der Waals surface area contributed by atoms with E-state index >= 15 is 0 Å². The molecule has 1 aromatic rings. The van der Waals surface area contributed by atoms with Gasteiger partial charge in [-0.05, 0) is 18.2 Å². The van der Waals surface area contributed by atoms with Gasteiger partial charge in [-0.25, -0.2) is 9.59 Å². The Morgan fingerprint density at radius 2 is 1.86 bits per heavy atom. The van der Waals surface area contributed by atoms with E-state index in [1.807, 2.05) is 0 Å². The summed E-state index contributed by atoms with van der Waals surface area (Å²) in [5.74, 6) is -2.04. The summed E-state index contributed by atoms with van der Waals surface area (Å²) in [5.41, 5.74) is 1.24. The van der Waals surface area contributed by atoms with E-state index in [2.05, 4.69) is 11.9 Å². The quantitative estimate of drug-likeness (QED) is 0.523. The average Bonchev–Trinajstić information content (AvgIpc) is 2.44. The van der Waals surface area contributed by atoms with Crippen molar-refractivity contribution in [2.45, 2.75) is 19.6 Å². The highest BCUT2D eigenvalue weighted by Crippen LogP contribution is 2.25. The first-order chi connectivity index (χ1) is 10.4. The van der Waals surface area contributed by atoms with Gasteiger partial charge >= 0.3 is 11.9 Å². The van der Waals surface area contributed by atoms with Crippen LogP contribution in [0.15, 0.2) is 36.6 Å². The fourth-order valence-corrected chi connectivity index (χ4v) is 1.92. The molecule has 1 aliphatic rings. The first kappa shape index (κ1) is 15.6. The van der Waals surface area contributed by atoms with E-state index in [0.717, 1.165) is 5.56 Å². The molecule has 0 aromatic heterocycles. The molecular formula is C16H17NO5. The van der Waals surface area contributed by atoms with Gasteiger partial charge in [0, 0.05) is 31.3 Å². The second-order valence-corrected chi connectivity index (χ2v) is 5.04. The number of cyclic esters (lactones) is 2. The van der Waals surface area contributed by atoms with Crippen LogP contribution in [0.4, 0.5) is 5.69 Å². The van der Waals surface area contributed by atoms with E-state index in [0.29, 0.717) is 11.4 Å². The molecule has 0 bridgehead atoms. The second kappa shape index (κ2) is 5.93. The van der Waals surface area contributed by atoms with Crippen molar-refractivity contribution in [3.8, 4) is 5.75 Å². The van der Waals surface area contributed by atoms with Crippen LogP contribution < -0.4 is 10.1 Å². The zero-order chi connectivity index (χ0) is 16.3. The van der Waals surface area contributed by atoms with Gasteiger partial charge in [0.05, 0.1) is 7.11 Å². The molecule has 1 heterocycles. The summed E-state index contributed by atoms with van der Waals surface area (Å²) >= 11 is 0. The maximum Gasteiger partial charge on any atom is 0.350 e. The lowest BCUT2D eigenvalue weighted by atomic mass is 10.1. The number of carbonyl (C=O) groups is 2. The van der Waals surface area contributed by atoms with Crippen molar-refractivity contribution < 1.29 is 23.8 Å². The third-order valence-electron chi connectivity index (χ3n) is 2.95. The minimum absolute atomic E-state index is 0.199. The number of nitrogens with one attached hydrogen (secondary N) is 1. The number of hydrogen-bond donors (Lipinski definition) is 1. The topological polar surface area (TPSA) is 73.9 Å². The van der Waals surface area contributed by atoms with Crippen molar-refractivity contribution in [2.24, 2.45) is 0 Å². The Balaban J connectivity index is 2.20. The lowest BCUT2D eigenvalue weighted by molar-refractivity contribution is -0.222. The normalized spacial score (nSPS) is 16.4. The number of methoxy groups -OCH3 is 1. The van der Waals surface area contributed by atoms with Crippen molar-refractivity contribution in [1.82, 2.24) is 0 Å². The molecule has 1 fully saturated rings. The lowest BCUT2D eigenvalue weighted by Crippen LogP contribution is -2.42. The predicted octanol–water partition coefficient (Wildman–Crippen LogP) is 2.47. The van der Waals surface area contributed by atoms with E-state index in [9.17, 15) is 9.59 Å². The summed E-state index contributed by atoms with van der Waals surface area (Å²) in [7, 11) is 1.56. The zero-order valence-electron chi connectivity index (χ0n) is 12.6. The highest BCUT2D eigenvalue weighted by Gasteiger charge is 2.38. The van der Waals surface area contributed by atoms with Gasteiger partial charge < -0.3 is 19.5 Å². The number of carbonyl (C=O) groups excluding carboxylic acids is 2. The summed E-state index contributed by atoms with van der Waals surface area (Å²) in [6.45, 7) is 6.69. The number of benzene rings is 1. The minimum atomic E-state index is -1.25. The Bertz CT molecular complexity index is 639. The van der Waals surface area contributed by atoms with Gasteiger partial charge in [0.25, 0.3) is 5.79 Å². The maximum absolute atomic E-state index is 11.8. The van der Waals surface area contributed by atoms with E-state index < -0.39 is 17.7 Å². The van der Waals surface area contributed by atoms with Crippen molar-refractivity contribution in [3.05, 3.63) is 42.1 Å². The van der Waals surface area contributed by atoms with Gasteiger partial charge in [-0.3, -0.25) is 0 Å². The van der Waals surface area contributed by atoms with E-state index in [4.69, 9.17) is 14.2 Å². The third-order valence-corrected chi connectivity index (χ3v) is 2.95. The summed E-state index contributed by atoms with van der Waals surface area (Å²) in [5, 5.41) is 2.86. The molecule has 2 rings (SSSR count). The number of anilines is 1. The molecule has 22 heavy (non-hydrogen) atoms. The van der Waals surface area contributed by atoms with Gasteiger partial charge in [-0.1, -0.05) is 12.7 Å². The molecule has 1 aliphatic heterocycles. The van der Waals surface area contributed by atoms with Crippen LogP contribution in [-0.2, 0) is 19.1 Å². The molecule has 6 heteroatoms. The lowest BCUT2D eigenvalue weighted by Gasteiger charge is -2.29. The van der Waals surface area contributed by atoms with Crippen LogP contribution in [0.2, 0.25) is 0 Å². The highest BCUT2D eigenvalue weighted by atomic mass is 16.7. The van der Waals surface area contributed by atoms with Gasteiger partial charge in [-0.2, -0.15) is 0 Å². The predicted molar refractivity (Wildman–Crippen MR) is 81.1 cm³/mol. The van der Waals surface area contributed by atoms with Gasteiger partial charge in [0.15, 0.2) is 5.57 Å². The smallest absolute Gasteiger partial charge is 0.350 e. The van der Waals surface area contributed by atoms with Crippen molar-refractivity contribution >= 4 is 23.7 Å². The van der Waals surface area contributed by atoms with Crippen LogP contribution >= 0.6 is 0 Å². The third kappa shape index (κ3) is 3.28. The second-order valence-electron chi connectivity index (χ2n) is 5.04. The summed E-state index contributed by atoms with van der Waals surface area (Å²) in [6.07, 6.45) is 2.90. The Labute approximate surface area is 128 Å². The monoisotopic (exact) mass is 303 g/mol. The Hall–Kier alpha value is -2.76. The molecule has 0 saturated carbocycles. The molecule has 0 radical (unpaired) electrons. The van der Waals surface area contributed by atoms with Gasteiger partial charge in [-0.15, -0.1) is 0 Å². The first-order valence-corrected chi connectivity index (χ1v) is 6.60. The fourth-order valence-electron chi connectivity index (χ4n) is 1.92. The van der Waals surface area contributed by atoms with Crippen molar-refractivity contribution in [2.75, 3.05) is 12.4 Å². The molecule has 1 saturated heterocycles. The van der Waals surface area contributed by atoms with E-state index in [1.54, 1.807) is 31.4 Å². The number of esters is 2. The molecule has 116 valence electrons. The molecule has 1 N–H and O–H groups in total. The highest BCUT2D eigenvalue weighted by molar-refractivity contribution is 6.15. The molecular weight excluding hydrogens is 286 g/mol. The van der Waals surface area contributed by atoms with Crippen LogP contribution in [0.3, 0.4) is 0 Å². The Morgan fingerprint density at radius 1 is 1.23 bits per heavy atom. The van der Waals surface area contributed by atoms with Crippen molar-refractivity contribution in [1.29, 1.82) is 0 Å². The van der Waals surface area contributed by atoms with Gasteiger partial charge in [0.2, 0.25) is 0 Å². The minimum Gasteiger partial charge on any atom is -0.496 e. The van der Waals surface area contributed by atoms with E-state index in [-0.39, 0.29) is 5.57 Å². The Kier molecular flexibility index (Phi) is 4.21. The fraction of sp³-hybridized carbons (Fsp3) is 0.250. The van der Waals surface area contributed by atoms with Crippen LogP contribution in [0.25, 0.3) is 6.08 Å². The van der Waals surface area contributed by atoms with Crippen molar-refractivity contribution in [3.63, 3.8) is 0 Å². The van der Waals surface area contributed by atoms with Crippen LogP contribution in [0.5, 0.6) is 5.75 Å². The molecule has 6 nitrogen and oxygen atoms in total. The SMILES string of the molecule is C=Cc1cc(NC=C2C(=O)OC(C)(C)OC2=O)ccc1OC. The standard InChI is InChI=1S/C16H17NO5/c1-5-10-8-11(6-7-13(10)20-4)17-9-12-14(18)21-16(2,3)22-15(12)19/h5-9,17H,1H2,2-4H3. The van der Waals surface area contributed by atoms with E-state index in [1.165, 1.54) is 20.0 Å². The molecule has 0 unspecified atom stereocenters. The Morgan fingerprint density at radius 3 is 2.41 bits per heavy atom. The van der Waals surface area contributed by atoms with Crippen LogP contribution in [-0.4, -0.2) is 24.8 Å². The molecule has 0 atom stereocenters.